The molecule has 1 unspecified atom stereocenters. The highest BCUT2D eigenvalue weighted by molar-refractivity contribution is 5.72. The Hall–Kier alpha value is -0.570. The molecule has 0 aromatic rings. The Morgan fingerprint density at radius 3 is 2.18 bits per heavy atom. The van der Waals surface area contributed by atoms with Crippen LogP contribution < -0.4 is 0 Å². The van der Waals surface area contributed by atoms with Gasteiger partial charge in [-0.15, -0.1) is 0 Å². The Morgan fingerprint density at radius 2 is 1.71 bits per heavy atom. The maximum absolute atomic E-state index is 11.3. The summed E-state index contributed by atoms with van der Waals surface area (Å²) in [5, 5.41) is 9.29. The Balaban J connectivity index is 2.08. The molecule has 1 saturated carbocycles. The van der Waals surface area contributed by atoms with Gasteiger partial charge in [-0.25, -0.2) is 0 Å². The number of carbonyl (C=O) groups is 1. The second kappa shape index (κ2) is 4.97. The molecule has 2 fully saturated rings. The molecular formula is C14H25NO2. The Kier molecular flexibility index (Phi) is 3.76. The number of rotatable bonds is 2. The van der Waals surface area contributed by atoms with E-state index in [0.29, 0.717) is 6.04 Å². The van der Waals surface area contributed by atoms with Crippen molar-refractivity contribution in [2.45, 2.75) is 70.4 Å². The molecule has 2 rings (SSSR count). The van der Waals surface area contributed by atoms with E-state index in [0.717, 1.165) is 13.0 Å². The van der Waals surface area contributed by atoms with Crippen LogP contribution in [0.3, 0.4) is 0 Å². The third-order valence-corrected chi connectivity index (χ3v) is 4.82. The highest BCUT2D eigenvalue weighted by atomic mass is 16.4. The second-order valence-corrected chi connectivity index (χ2v) is 6.17. The van der Waals surface area contributed by atoms with Crippen LogP contribution >= 0.6 is 0 Å². The van der Waals surface area contributed by atoms with Crippen molar-refractivity contribution in [2.24, 2.45) is 5.92 Å². The summed E-state index contributed by atoms with van der Waals surface area (Å²) in [6.45, 7) is 5.20. The fourth-order valence-electron chi connectivity index (χ4n) is 3.76. The summed E-state index contributed by atoms with van der Waals surface area (Å²) in [6.07, 6.45) is 8.68. The van der Waals surface area contributed by atoms with Gasteiger partial charge in [-0.2, -0.15) is 0 Å². The highest BCUT2D eigenvalue weighted by Crippen LogP contribution is 2.39. The third-order valence-electron chi connectivity index (χ3n) is 4.82. The van der Waals surface area contributed by atoms with E-state index in [4.69, 9.17) is 0 Å². The Morgan fingerprint density at radius 1 is 1.12 bits per heavy atom. The molecule has 0 radical (unpaired) electrons. The van der Waals surface area contributed by atoms with E-state index in [9.17, 15) is 9.90 Å². The molecule has 3 nitrogen and oxygen atoms in total. The molecule has 0 aromatic heterocycles. The summed E-state index contributed by atoms with van der Waals surface area (Å²) in [5.74, 6) is -0.808. The normalized spacial score (nSPS) is 31.3. The molecule has 1 saturated heterocycles. The number of carboxylic acids is 1. The fraction of sp³-hybridized carbons (Fsp3) is 0.929. The first-order valence-electron chi connectivity index (χ1n) is 7.03. The molecule has 1 N–H and O–H groups in total. The summed E-state index contributed by atoms with van der Waals surface area (Å²) >= 11 is 0. The number of carboxylic acid groups (broad SMARTS) is 1. The van der Waals surface area contributed by atoms with E-state index in [1.54, 1.807) is 0 Å². The van der Waals surface area contributed by atoms with Crippen LogP contribution in [-0.4, -0.2) is 34.1 Å². The number of aliphatic carboxylic acids is 1. The monoisotopic (exact) mass is 239 g/mol. The quantitative estimate of drug-likeness (QED) is 0.753. The van der Waals surface area contributed by atoms with E-state index in [-0.39, 0.29) is 11.5 Å². The van der Waals surface area contributed by atoms with Crippen molar-refractivity contribution >= 4 is 5.97 Å². The lowest BCUT2D eigenvalue weighted by atomic mass is 9.87. The van der Waals surface area contributed by atoms with Gasteiger partial charge >= 0.3 is 5.97 Å². The van der Waals surface area contributed by atoms with E-state index in [1.807, 2.05) is 0 Å². The molecule has 0 spiro atoms. The summed E-state index contributed by atoms with van der Waals surface area (Å²) < 4.78 is 0. The lowest BCUT2D eigenvalue weighted by Crippen LogP contribution is -2.49. The van der Waals surface area contributed by atoms with Crippen molar-refractivity contribution in [1.82, 2.24) is 4.90 Å². The molecule has 3 heteroatoms. The van der Waals surface area contributed by atoms with Crippen LogP contribution in [0.15, 0.2) is 0 Å². The topological polar surface area (TPSA) is 40.5 Å². The number of nitrogens with zero attached hydrogens (tertiary/aromatic N) is 1. The molecule has 1 aliphatic carbocycles. The van der Waals surface area contributed by atoms with Crippen LogP contribution in [0.2, 0.25) is 0 Å². The molecule has 0 amide bonds. The van der Waals surface area contributed by atoms with Crippen LogP contribution in [0.25, 0.3) is 0 Å². The first-order valence-corrected chi connectivity index (χ1v) is 7.03. The van der Waals surface area contributed by atoms with E-state index >= 15 is 0 Å². The third kappa shape index (κ3) is 2.49. The standard InChI is InChI=1S/C14H25NO2/c1-14(2)12(13(16)17)9-10-15(14)11-7-5-3-4-6-8-11/h11-12H,3-10H2,1-2H3,(H,16,17). The lowest BCUT2D eigenvalue weighted by molar-refractivity contribution is -0.144. The summed E-state index contributed by atoms with van der Waals surface area (Å²) in [6, 6.07) is 0.622. The zero-order valence-electron chi connectivity index (χ0n) is 11.1. The SMILES string of the molecule is CC1(C)C(C(=O)O)CCN1C1CCCCCC1. The molecular weight excluding hydrogens is 214 g/mol. The van der Waals surface area contributed by atoms with Crippen molar-refractivity contribution in [3.05, 3.63) is 0 Å². The minimum absolute atomic E-state index is 0.166. The van der Waals surface area contributed by atoms with Crippen molar-refractivity contribution < 1.29 is 9.90 Å². The van der Waals surface area contributed by atoms with Gasteiger partial charge in [0.2, 0.25) is 0 Å². The van der Waals surface area contributed by atoms with Crippen molar-refractivity contribution in [2.75, 3.05) is 6.54 Å². The Labute approximate surface area is 104 Å². The van der Waals surface area contributed by atoms with E-state index in [1.165, 1.54) is 38.5 Å². The van der Waals surface area contributed by atoms with Gasteiger partial charge in [0.05, 0.1) is 5.92 Å². The molecule has 98 valence electrons. The highest BCUT2D eigenvalue weighted by Gasteiger charge is 2.47. The van der Waals surface area contributed by atoms with E-state index < -0.39 is 5.97 Å². The van der Waals surface area contributed by atoms with Gasteiger partial charge in [0, 0.05) is 11.6 Å². The zero-order valence-corrected chi connectivity index (χ0v) is 11.1. The predicted octanol–water partition coefficient (Wildman–Crippen LogP) is 2.89. The lowest BCUT2D eigenvalue weighted by Gasteiger charge is -2.40. The van der Waals surface area contributed by atoms with Gasteiger partial charge in [0.25, 0.3) is 0 Å². The van der Waals surface area contributed by atoms with Gasteiger partial charge in [-0.1, -0.05) is 25.7 Å². The summed E-state index contributed by atoms with van der Waals surface area (Å²) in [7, 11) is 0. The molecule has 1 atom stereocenters. The smallest absolute Gasteiger partial charge is 0.308 e. The first kappa shape index (κ1) is 12.9. The molecule has 0 aromatic carbocycles. The first-order chi connectivity index (χ1) is 8.03. The van der Waals surface area contributed by atoms with Gasteiger partial charge in [-0.3, -0.25) is 9.69 Å². The Bertz CT molecular complexity index is 280. The predicted molar refractivity (Wildman–Crippen MR) is 68.0 cm³/mol. The van der Waals surface area contributed by atoms with Gasteiger partial charge < -0.3 is 5.11 Å². The number of hydrogen-bond donors (Lipinski definition) is 1. The average Bonchev–Trinajstić information content (AvgIpc) is 2.46. The van der Waals surface area contributed by atoms with Crippen molar-refractivity contribution in [1.29, 1.82) is 0 Å². The van der Waals surface area contributed by atoms with Crippen molar-refractivity contribution in [3.63, 3.8) is 0 Å². The summed E-state index contributed by atoms with van der Waals surface area (Å²) in [4.78, 5) is 13.8. The zero-order chi connectivity index (χ0) is 12.5. The fourth-order valence-corrected chi connectivity index (χ4v) is 3.76. The van der Waals surface area contributed by atoms with Crippen LogP contribution in [0.4, 0.5) is 0 Å². The average molecular weight is 239 g/mol. The van der Waals surface area contributed by atoms with Gasteiger partial charge in [-0.05, 0) is 39.7 Å². The molecule has 0 bridgehead atoms. The molecule has 1 heterocycles. The van der Waals surface area contributed by atoms with Gasteiger partial charge in [0.1, 0.15) is 0 Å². The maximum Gasteiger partial charge on any atom is 0.308 e. The maximum atomic E-state index is 11.3. The van der Waals surface area contributed by atoms with Crippen LogP contribution in [-0.2, 0) is 4.79 Å². The largest absolute Gasteiger partial charge is 0.481 e. The minimum Gasteiger partial charge on any atom is -0.481 e. The van der Waals surface area contributed by atoms with Gasteiger partial charge in [0.15, 0.2) is 0 Å². The van der Waals surface area contributed by atoms with Crippen LogP contribution in [0.1, 0.15) is 58.8 Å². The van der Waals surface area contributed by atoms with Crippen molar-refractivity contribution in [3.8, 4) is 0 Å². The number of likely N-dealkylation sites (tertiary alicyclic amines) is 1. The van der Waals surface area contributed by atoms with Crippen LogP contribution in [0, 0.1) is 5.92 Å². The molecule has 1 aliphatic heterocycles. The minimum atomic E-state index is -0.619. The molecule has 17 heavy (non-hydrogen) atoms. The van der Waals surface area contributed by atoms with E-state index in [2.05, 4.69) is 18.7 Å². The summed E-state index contributed by atoms with van der Waals surface area (Å²) in [5.41, 5.74) is -0.166. The van der Waals surface area contributed by atoms with Crippen LogP contribution in [0.5, 0.6) is 0 Å². The molecule has 2 aliphatic rings. The number of hydrogen-bond acceptors (Lipinski definition) is 2. The second-order valence-electron chi connectivity index (χ2n) is 6.17.